The Labute approximate surface area is 196 Å². The van der Waals surface area contributed by atoms with E-state index in [4.69, 9.17) is 0 Å². The molecule has 0 radical (unpaired) electrons. The van der Waals surface area contributed by atoms with Crippen LogP contribution in [0.5, 0.6) is 0 Å². The lowest BCUT2D eigenvalue weighted by Gasteiger charge is -2.43. The number of alkyl halides is 17. The summed E-state index contributed by atoms with van der Waals surface area (Å²) in [6.45, 7) is 0. The molecule has 0 saturated heterocycles. The van der Waals surface area contributed by atoms with E-state index < -0.39 is 76.7 Å². The van der Waals surface area contributed by atoms with Crippen molar-refractivity contribution < 1.29 is 84.0 Å². The van der Waals surface area contributed by atoms with Gasteiger partial charge in [-0.1, -0.05) is 18.2 Å². The Morgan fingerprint density at radius 2 is 0.946 bits per heavy atom. The zero-order valence-electron chi connectivity index (χ0n) is 17.1. The highest BCUT2D eigenvalue weighted by Crippen LogP contribution is 2.64. The monoisotopic (exact) mass is 602 g/mol. The van der Waals surface area contributed by atoms with E-state index in [1.165, 1.54) is 18.2 Å². The molecule has 1 rings (SSSR count). The third-order valence-corrected chi connectivity index (χ3v) is 6.11. The van der Waals surface area contributed by atoms with Gasteiger partial charge in [0.25, 0.3) is 0 Å². The molecule has 1 N–H and O–H groups in total. The smallest absolute Gasteiger partial charge is 0.392 e. The Morgan fingerprint density at radius 3 is 1.32 bits per heavy atom. The van der Waals surface area contributed by atoms with E-state index in [1.807, 2.05) is 0 Å². The fourth-order valence-electron chi connectivity index (χ4n) is 2.52. The molecule has 0 spiro atoms. The van der Waals surface area contributed by atoms with Crippen molar-refractivity contribution in [2.24, 2.45) is 0 Å². The van der Waals surface area contributed by atoms with Crippen LogP contribution in [-0.4, -0.2) is 68.8 Å². The van der Waals surface area contributed by atoms with Crippen LogP contribution in [0.15, 0.2) is 35.2 Å². The third kappa shape index (κ3) is 5.23. The van der Waals surface area contributed by atoms with Crippen molar-refractivity contribution >= 4 is 10.8 Å². The molecule has 0 fully saturated rings. The predicted octanol–water partition coefficient (Wildman–Crippen LogP) is 6.55. The van der Waals surface area contributed by atoms with Crippen molar-refractivity contribution in [1.82, 2.24) is 0 Å². The van der Waals surface area contributed by atoms with Gasteiger partial charge in [-0.25, -0.2) is 0 Å². The van der Waals surface area contributed by atoms with Crippen molar-refractivity contribution in [3.8, 4) is 0 Å². The molecule has 0 saturated carbocycles. The Kier molecular flexibility index (Phi) is 8.70. The molecule has 2 atom stereocenters. The van der Waals surface area contributed by atoms with Gasteiger partial charge in [0.1, 0.15) is 0 Å². The van der Waals surface area contributed by atoms with Gasteiger partial charge in [-0.05, 0) is 12.1 Å². The summed E-state index contributed by atoms with van der Waals surface area (Å²) < 4.78 is 236. The summed E-state index contributed by atoms with van der Waals surface area (Å²) >= 11 is 0. The number of aliphatic hydroxyl groups is 1. The first-order chi connectivity index (χ1) is 16.1. The number of aliphatic hydroxyl groups excluding tert-OH is 1. The molecule has 2 unspecified atom stereocenters. The third-order valence-electron chi connectivity index (χ3n) is 4.63. The summed E-state index contributed by atoms with van der Waals surface area (Å²) in [7, 11) is -2.53. The van der Waals surface area contributed by atoms with Crippen molar-refractivity contribution in [3.05, 3.63) is 30.3 Å². The number of rotatable bonds is 11. The summed E-state index contributed by atoms with van der Waals surface area (Å²) in [6, 6.07) is 5.79. The van der Waals surface area contributed by atoms with Crippen LogP contribution >= 0.6 is 0 Å². The number of benzene rings is 1. The number of hydrogen-bond donors (Lipinski definition) is 1. The largest absolute Gasteiger partial charge is 0.460 e. The van der Waals surface area contributed by atoms with Crippen LogP contribution in [0.2, 0.25) is 0 Å². The van der Waals surface area contributed by atoms with Crippen molar-refractivity contribution in [1.29, 1.82) is 0 Å². The minimum absolute atomic E-state index is 0.263. The van der Waals surface area contributed by atoms with Crippen LogP contribution in [0.4, 0.5) is 74.6 Å². The maximum absolute atomic E-state index is 13.9. The molecule has 0 aliphatic heterocycles. The molecule has 1 aromatic carbocycles. The Balaban J connectivity index is 3.39. The van der Waals surface area contributed by atoms with E-state index in [-0.39, 0.29) is 4.90 Å². The average molecular weight is 602 g/mol. The summed E-state index contributed by atoms with van der Waals surface area (Å²) in [5.41, 5.74) is 0. The first kappa shape index (κ1) is 33.2. The van der Waals surface area contributed by atoms with Crippen LogP contribution in [-0.2, 0) is 10.8 Å². The maximum Gasteiger partial charge on any atom is 0.460 e. The SMILES string of the molecule is O=S(CC(O)CC(F)(F)C(F)(F)C(F)(F)C(F)(F)C(F)(F)C(F)(F)C(F)(F)C(F)(F)F)c1ccccc1. The second-order valence-corrected chi connectivity index (χ2v) is 8.83. The van der Waals surface area contributed by atoms with E-state index >= 15 is 0 Å². The average Bonchev–Trinajstić information content (AvgIpc) is 2.72. The Morgan fingerprint density at radius 1 is 0.595 bits per heavy atom. The number of hydrogen-bond acceptors (Lipinski definition) is 2. The van der Waals surface area contributed by atoms with E-state index in [2.05, 4.69) is 0 Å². The van der Waals surface area contributed by atoms with Gasteiger partial charge >= 0.3 is 47.6 Å². The highest BCUT2D eigenvalue weighted by Gasteiger charge is 2.95. The zero-order chi connectivity index (χ0) is 29.7. The van der Waals surface area contributed by atoms with Crippen LogP contribution in [0.25, 0.3) is 0 Å². The normalized spacial score (nSPS) is 17.0. The topological polar surface area (TPSA) is 37.3 Å². The van der Waals surface area contributed by atoms with Crippen molar-refractivity contribution in [2.75, 3.05) is 5.75 Å². The molecule has 20 heteroatoms. The van der Waals surface area contributed by atoms with Gasteiger partial charge < -0.3 is 5.11 Å². The van der Waals surface area contributed by atoms with E-state index in [9.17, 15) is 84.0 Å². The molecule has 0 bridgehead atoms. The molecule has 37 heavy (non-hydrogen) atoms. The molecule has 216 valence electrons. The summed E-state index contributed by atoms with van der Waals surface area (Å²) in [5, 5.41) is 9.40. The summed E-state index contributed by atoms with van der Waals surface area (Å²) in [5.74, 6) is -58.7. The van der Waals surface area contributed by atoms with Crippen LogP contribution in [0.1, 0.15) is 6.42 Å². The lowest BCUT2D eigenvalue weighted by molar-refractivity contribution is -0.462. The Hall–Kier alpha value is -1.86. The van der Waals surface area contributed by atoms with Gasteiger partial charge in [-0.2, -0.15) is 74.6 Å². The summed E-state index contributed by atoms with van der Waals surface area (Å²) in [4.78, 5) is -0.263. The van der Waals surface area contributed by atoms with E-state index in [1.54, 1.807) is 0 Å². The molecule has 0 heterocycles. The second kappa shape index (κ2) is 9.71. The van der Waals surface area contributed by atoms with Gasteiger partial charge in [-0.3, -0.25) is 4.21 Å². The Bertz CT molecular complexity index is 958. The van der Waals surface area contributed by atoms with Gasteiger partial charge in [0.05, 0.1) is 22.7 Å². The van der Waals surface area contributed by atoms with Crippen molar-refractivity contribution in [3.63, 3.8) is 0 Å². The van der Waals surface area contributed by atoms with Gasteiger partial charge in [0.15, 0.2) is 0 Å². The van der Waals surface area contributed by atoms with Crippen LogP contribution in [0, 0.1) is 0 Å². The van der Waals surface area contributed by atoms with Crippen LogP contribution < -0.4 is 0 Å². The molecule has 0 aliphatic carbocycles. The minimum atomic E-state index is -8.71. The predicted molar refractivity (Wildman–Crippen MR) is 89.0 cm³/mol. The van der Waals surface area contributed by atoms with Gasteiger partial charge in [0, 0.05) is 11.3 Å². The first-order valence-corrected chi connectivity index (χ1v) is 10.3. The number of halogens is 17. The molecule has 0 aliphatic rings. The molecule has 0 aromatic heterocycles. The fraction of sp³-hybridized carbons (Fsp3) is 0.647. The summed E-state index contributed by atoms with van der Waals surface area (Å²) in [6.07, 6.45) is -13.9. The minimum Gasteiger partial charge on any atom is -0.392 e. The molecule has 0 amide bonds. The van der Waals surface area contributed by atoms with Crippen molar-refractivity contribution in [2.45, 2.75) is 65.1 Å². The highest BCUT2D eigenvalue weighted by atomic mass is 32.2. The second-order valence-electron chi connectivity index (χ2n) is 7.33. The zero-order valence-corrected chi connectivity index (χ0v) is 17.9. The van der Waals surface area contributed by atoms with Gasteiger partial charge in [0.2, 0.25) is 0 Å². The first-order valence-electron chi connectivity index (χ1n) is 8.96. The van der Waals surface area contributed by atoms with E-state index in [0.29, 0.717) is 0 Å². The van der Waals surface area contributed by atoms with Gasteiger partial charge in [-0.15, -0.1) is 0 Å². The molecule has 2 nitrogen and oxygen atoms in total. The fourth-order valence-corrected chi connectivity index (χ4v) is 3.64. The highest BCUT2D eigenvalue weighted by molar-refractivity contribution is 7.85. The van der Waals surface area contributed by atoms with Crippen LogP contribution in [0.3, 0.4) is 0 Å². The lowest BCUT2D eigenvalue weighted by atomic mass is 9.88. The maximum atomic E-state index is 13.9. The molecule has 1 aromatic rings. The standard InChI is InChI=1S/C17H11F17O2S/c18-10(19,6-8(35)7-37(36)9-4-2-1-3-5-9)11(20,21)12(22,23)13(24,25)14(26,27)15(28,29)16(30,31)17(32,33)34/h1-5,8,35H,6-7H2. The lowest BCUT2D eigenvalue weighted by Crippen LogP contribution is -2.74. The quantitative estimate of drug-likeness (QED) is 0.292. The molecular formula is C17H11F17O2S. The van der Waals surface area contributed by atoms with E-state index in [0.717, 1.165) is 12.1 Å². The molecular weight excluding hydrogens is 591 g/mol.